The van der Waals surface area contributed by atoms with E-state index < -0.39 is 66.4 Å². The van der Waals surface area contributed by atoms with Gasteiger partial charge in [0, 0.05) is 6.07 Å². The SMILES string of the molecule is O=C1C[C@@H](c2ccc(O)cc2)Oc2cc(O)c(O[C@@H]3O[C@H](CO)[C@@H](O)[C@H](O)[C@H]3O)c(O)c21. The zero-order valence-corrected chi connectivity index (χ0v) is 16.5. The number of Topliss-reactive ketones (excluding diaryl/α,β-unsaturated/α-hetero) is 1. The second-order valence-corrected chi connectivity index (χ2v) is 7.59. The van der Waals surface area contributed by atoms with E-state index in [1.807, 2.05) is 0 Å². The second-order valence-electron chi connectivity index (χ2n) is 7.59. The maximum atomic E-state index is 12.8. The summed E-state index contributed by atoms with van der Waals surface area (Å²) in [4.78, 5) is 12.8. The van der Waals surface area contributed by atoms with Gasteiger partial charge in [-0.05, 0) is 17.7 Å². The number of carbonyl (C=O) groups is 1. The number of aromatic hydroxyl groups is 3. The van der Waals surface area contributed by atoms with E-state index in [4.69, 9.17) is 14.2 Å². The summed E-state index contributed by atoms with van der Waals surface area (Å²) in [6.45, 7) is -0.696. The number of fused-ring (bicyclic) bond motifs is 1. The third kappa shape index (κ3) is 3.80. The molecule has 1 saturated heterocycles. The van der Waals surface area contributed by atoms with Gasteiger partial charge in [-0.3, -0.25) is 4.79 Å². The van der Waals surface area contributed by atoms with Gasteiger partial charge < -0.3 is 50.0 Å². The molecular weight excluding hydrogens is 428 g/mol. The molecule has 172 valence electrons. The molecule has 2 aromatic rings. The van der Waals surface area contributed by atoms with E-state index in [0.717, 1.165) is 6.07 Å². The van der Waals surface area contributed by atoms with Gasteiger partial charge in [-0.25, -0.2) is 0 Å². The monoisotopic (exact) mass is 450 g/mol. The molecule has 0 unspecified atom stereocenters. The lowest BCUT2D eigenvalue weighted by Crippen LogP contribution is -2.60. The minimum atomic E-state index is -1.78. The van der Waals surface area contributed by atoms with E-state index in [-0.39, 0.29) is 23.5 Å². The number of ether oxygens (including phenoxy) is 3. The Morgan fingerprint density at radius 1 is 1.00 bits per heavy atom. The van der Waals surface area contributed by atoms with Crippen LogP contribution in [0.3, 0.4) is 0 Å². The Hall–Kier alpha value is -3.09. The van der Waals surface area contributed by atoms with Crippen molar-refractivity contribution in [3.05, 3.63) is 41.5 Å². The second kappa shape index (κ2) is 8.45. The highest BCUT2D eigenvalue weighted by atomic mass is 16.7. The first-order chi connectivity index (χ1) is 15.2. The van der Waals surface area contributed by atoms with Gasteiger partial charge in [0.05, 0.1) is 13.0 Å². The number of aliphatic hydroxyl groups excluding tert-OH is 4. The summed E-state index contributed by atoms with van der Waals surface area (Å²) in [5, 5.41) is 69.6. The summed E-state index contributed by atoms with van der Waals surface area (Å²) in [6, 6.07) is 7.08. The molecule has 2 aromatic carbocycles. The van der Waals surface area contributed by atoms with Crippen molar-refractivity contribution in [3.63, 3.8) is 0 Å². The number of phenols is 3. The highest BCUT2D eigenvalue weighted by Crippen LogP contribution is 2.49. The summed E-state index contributed by atoms with van der Waals surface area (Å²) < 4.78 is 16.3. The van der Waals surface area contributed by atoms with Crippen molar-refractivity contribution < 1.29 is 54.8 Å². The number of hydrogen-bond acceptors (Lipinski definition) is 11. The summed E-state index contributed by atoms with van der Waals surface area (Å²) >= 11 is 0. The lowest BCUT2D eigenvalue weighted by Gasteiger charge is -2.39. The predicted molar refractivity (Wildman–Crippen MR) is 105 cm³/mol. The largest absolute Gasteiger partial charge is 0.508 e. The number of benzene rings is 2. The number of aliphatic hydroxyl groups is 4. The number of ketones is 1. The Kier molecular flexibility index (Phi) is 5.84. The zero-order chi connectivity index (χ0) is 23.2. The predicted octanol–water partition coefficient (Wildman–Crippen LogP) is -0.311. The maximum absolute atomic E-state index is 12.8. The van der Waals surface area contributed by atoms with Gasteiger partial charge in [0.2, 0.25) is 12.0 Å². The smallest absolute Gasteiger partial charge is 0.229 e. The molecule has 0 aromatic heterocycles. The summed E-state index contributed by atoms with van der Waals surface area (Å²) in [6.07, 6.45) is -8.94. The minimum absolute atomic E-state index is 0.0431. The van der Waals surface area contributed by atoms with Crippen molar-refractivity contribution in [2.75, 3.05) is 6.61 Å². The molecule has 2 aliphatic rings. The van der Waals surface area contributed by atoms with Crippen LogP contribution in [0.15, 0.2) is 30.3 Å². The molecule has 7 N–H and O–H groups in total. The molecule has 1 fully saturated rings. The van der Waals surface area contributed by atoms with Crippen LogP contribution in [0.25, 0.3) is 0 Å². The molecule has 11 heteroatoms. The molecule has 0 aliphatic carbocycles. The number of carbonyl (C=O) groups excluding carboxylic acids is 1. The van der Waals surface area contributed by atoms with Crippen LogP contribution < -0.4 is 9.47 Å². The van der Waals surface area contributed by atoms with Gasteiger partial charge >= 0.3 is 0 Å². The van der Waals surface area contributed by atoms with Crippen LogP contribution in [0.5, 0.6) is 28.7 Å². The van der Waals surface area contributed by atoms with Crippen molar-refractivity contribution in [1.82, 2.24) is 0 Å². The Morgan fingerprint density at radius 2 is 1.69 bits per heavy atom. The average Bonchev–Trinajstić information content (AvgIpc) is 2.76. The molecule has 0 saturated carbocycles. The standard InChI is InChI=1S/C21H22O11/c22-7-14-16(26)18(28)19(29)21(31-14)32-20-11(25)6-13-15(17(20)27)10(24)5-12(30-13)8-1-3-9(23)4-2-8/h1-4,6,12,14,16,18-19,21-23,25-29H,5,7H2/t12-,14+,16+,18-,19+,21-/m0/s1. The first-order valence-corrected chi connectivity index (χ1v) is 9.76. The van der Waals surface area contributed by atoms with E-state index in [9.17, 15) is 40.5 Å². The van der Waals surface area contributed by atoms with E-state index in [1.54, 1.807) is 12.1 Å². The molecule has 11 nitrogen and oxygen atoms in total. The summed E-state index contributed by atoms with van der Waals surface area (Å²) in [7, 11) is 0. The molecule has 6 atom stereocenters. The number of phenolic OH excluding ortho intramolecular Hbond substituents is 3. The summed E-state index contributed by atoms with van der Waals surface area (Å²) in [5.41, 5.74) is 0.347. The molecule has 0 spiro atoms. The van der Waals surface area contributed by atoms with Crippen molar-refractivity contribution >= 4 is 5.78 Å². The average molecular weight is 450 g/mol. The van der Waals surface area contributed by atoms with Crippen LogP contribution in [0.2, 0.25) is 0 Å². The molecule has 0 bridgehead atoms. The van der Waals surface area contributed by atoms with Gasteiger partial charge in [0.15, 0.2) is 17.3 Å². The first kappa shape index (κ1) is 22.1. The van der Waals surface area contributed by atoms with Crippen molar-refractivity contribution in [2.45, 2.75) is 43.2 Å². The van der Waals surface area contributed by atoms with Crippen LogP contribution in [0.1, 0.15) is 28.4 Å². The van der Waals surface area contributed by atoms with E-state index >= 15 is 0 Å². The highest BCUT2D eigenvalue weighted by molar-refractivity contribution is 6.03. The normalized spacial score (nSPS) is 29.8. The van der Waals surface area contributed by atoms with Crippen LogP contribution >= 0.6 is 0 Å². The lowest BCUT2D eigenvalue weighted by molar-refractivity contribution is -0.277. The maximum Gasteiger partial charge on any atom is 0.229 e. The van der Waals surface area contributed by atoms with Gasteiger partial charge in [-0.2, -0.15) is 0 Å². The van der Waals surface area contributed by atoms with Crippen molar-refractivity contribution in [2.24, 2.45) is 0 Å². The topological polar surface area (TPSA) is 186 Å². The van der Waals surface area contributed by atoms with E-state index in [0.29, 0.717) is 5.56 Å². The minimum Gasteiger partial charge on any atom is -0.508 e. The molecule has 32 heavy (non-hydrogen) atoms. The van der Waals surface area contributed by atoms with E-state index in [1.165, 1.54) is 12.1 Å². The van der Waals surface area contributed by atoms with Crippen LogP contribution in [0, 0.1) is 0 Å². The lowest BCUT2D eigenvalue weighted by atomic mass is 9.95. The van der Waals surface area contributed by atoms with Gasteiger partial charge in [-0.1, -0.05) is 12.1 Å². The third-order valence-corrected chi connectivity index (χ3v) is 5.46. The van der Waals surface area contributed by atoms with Crippen LogP contribution in [-0.4, -0.2) is 78.8 Å². The molecule has 0 amide bonds. The molecule has 2 aliphatic heterocycles. The number of rotatable bonds is 4. The van der Waals surface area contributed by atoms with Gasteiger partial charge in [-0.15, -0.1) is 0 Å². The first-order valence-electron chi connectivity index (χ1n) is 9.76. The fourth-order valence-corrected chi connectivity index (χ4v) is 3.71. The molecule has 2 heterocycles. The molecule has 4 rings (SSSR count). The van der Waals surface area contributed by atoms with E-state index in [2.05, 4.69) is 0 Å². The van der Waals surface area contributed by atoms with Crippen molar-refractivity contribution in [1.29, 1.82) is 0 Å². The van der Waals surface area contributed by atoms with Gasteiger partial charge in [0.1, 0.15) is 47.6 Å². The Bertz CT molecular complexity index is 1000. The van der Waals surface area contributed by atoms with Gasteiger partial charge in [0.25, 0.3) is 0 Å². The van der Waals surface area contributed by atoms with Crippen LogP contribution in [-0.2, 0) is 4.74 Å². The quantitative estimate of drug-likeness (QED) is 0.324. The summed E-state index contributed by atoms with van der Waals surface area (Å²) in [5.74, 6) is -2.57. The number of hydrogen-bond donors (Lipinski definition) is 7. The Morgan fingerprint density at radius 3 is 2.34 bits per heavy atom. The Balaban J connectivity index is 1.62. The molecule has 0 radical (unpaired) electrons. The highest BCUT2D eigenvalue weighted by Gasteiger charge is 2.45. The van der Waals surface area contributed by atoms with Crippen LogP contribution in [0.4, 0.5) is 0 Å². The molecular formula is C21H22O11. The fourth-order valence-electron chi connectivity index (χ4n) is 3.71. The third-order valence-electron chi connectivity index (χ3n) is 5.46. The Labute approximate surface area is 181 Å². The van der Waals surface area contributed by atoms with Crippen molar-refractivity contribution in [3.8, 4) is 28.7 Å². The fraction of sp³-hybridized carbons (Fsp3) is 0.381. The zero-order valence-electron chi connectivity index (χ0n) is 16.5.